The van der Waals surface area contributed by atoms with Crippen LogP contribution in [0.1, 0.15) is 19.8 Å². The number of carbonyl (C=O) groups is 1. The molecular formula is C8H15NO3. The normalized spacial score (nSPS) is 30.8. The maximum Gasteiger partial charge on any atom is 0.306 e. The molecule has 70 valence electrons. The number of nitrogens with two attached hydrogens (primary N) is 1. The molecule has 0 saturated heterocycles. The van der Waals surface area contributed by atoms with Gasteiger partial charge in [0.25, 0.3) is 0 Å². The molecule has 1 rings (SSSR count). The first-order valence-electron chi connectivity index (χ1n) is 4.19. The van der Waals surface area contributed by atoms with Gasteiger partial charge in [0.15, 0.2) is 0 Å². The number of carboxylic acids is 1. The number of rotatable bonds is 4. The van der Waals surface area contributed by atoms with Crippen LogP contribution < -0.4 is 5.73 Å². The first kappa shape index (κ1) is 9.48. The molecule has 4 nitrogen and oxygen atoms in total. The molecule has 0 heterocycles. The monoisotopic (exact) mass is 173 g/mol. The van der Waals surface area contributed by atoms with E-state index in [2.05, 4.69) is 0 Å². The molecule has 4 heteroatoms. The van der Waals surface area contributed by atoms with Gasteiger partial charge >= 0.3 is 5.97 Å². The lowest BCUT2D eigenvalue weighted by molar-refractivity contribution is -0.151. The number of carboxylic acid groups (broad SMARTS) is 1. The number of aliphatic carboxylic acids is 1. The quantitative estimate of drug-likeness (QED) is 0.637. The zero-order valence-corrected chi connectivity index (χ0v) is 7.19. The van der Waals surface area contributed by atoms with Gasteiger partial charge in [0.2, 0.25) is 0 Å². The van der Waals surface area contributed by atoms with Crippen molar-refractivity contribution in [2.45, 2.75) is 31.9 Å². The standard InChI is InChI=1S/C8H15NO3/c1-5(9)4-12-7-2-6(3-7)8(10)11/h5-7H,2-4,9H2,1H3,(H,10,11)/t5-,6-,7+/m0/s1. The zero-order valence-electron chi connectivity index (χ0n) is 7.19. The summed E-state index contributed by atoms with van der Waals surface area (Å²) in [6, 6.07) is 0.0360. The predicted molar refractivity (Wildman–Crippen MR) is 43.7 cm³/mol. The summed E-state index contributed by atoms with van der Waals surface area (Å²) >= 11 is 0. The first-order chi connectivity index (χ1) is 5.59. The summed E-state index contributed by atoms with van der Waals surface area (Å²) in [6.07, 6.45) is 1.40. The minimum atomic E-state index is -0.712. The van der Waals surface area contributed by atoms with Crippen molar-refractivity contribution in [3.8, 4) is 0 Å². The van der Waals surface area contributed by atoms with Gasteiger partial charge < -0.3 is 15.6 Å². The molecular weight excluding hydrogens is 158 g/mol. The molecule has 0 radical (unpaired) electrons. The highest BCUT2D eigenvalue weighted by Crippen LogP contribution is 2.29. The molecule has 1 fully saturated rings. The summed E-state index contributed by atoms with van der Waals surface area (Å²) in [4.78, 5) is 10.4. The lowest BCUT2D eigenvalue weighted by atomic mass is 9.82. The second kappa shape index (κ2) is 3.87. The van der Waals surface area contributed by atoms with Crippen LogP contribution in [0.5, 0.6) is 0 Å². The van der Waals surface area contributed by atoms with Crippen LogP contribution in [0.15, 0.2) is 0 Å². The molecule has 1 atom stereocenters. The molecule has 0 spiro atoms. The van der Waals surface area contributed by atoms with Crippen molar-refractivity contribution >= 4 is 5.97 Å². The van der Waals surface area contributed by atoms with Gasteiger partial charge in [-0.1, -0.05) is 0 Å². The van der Waals surface area contributed by atoms with Gasteiger partial charge in [-0.25, -0.2) is 0 Å². The third-order valence-corrected chi connectivity index (χ3v) is 2.04. The molecule has 0 bridgehead atoms. The Morgan fingerprint density at radius 1 is 1.75 bits per heavy atom. The van der Waals surface area contributed by atoms with Crippen molar-refractivity contribution in [3.05, 3.63) is 0 Å². The van der Waals surface area contributed by atoms with Crippen LogP contribution in [0.3, 0.4) is 0 Å². The Morgan fingerprint density at radius 3 is 2.75 bits per heavy atom. The van der Waals surface area contributed by atoms with Gasteiger partial charge in [-0.3, -0.25) is 4.79 Å². The van der Waals surface area contributed by atoms with Crippen LogP contribution in [-0.2, 0) is 9.53 Å². The number of hydrogen-bond donors (Lipinski definition) is 2. The van der Waals surface area contributed by atoms with Crippen molar-refractivity contribution in [2.24, 2.45) is 11.7 Å². The Labute approximate surface area is 71.7 Å². The Hall–Kier alpha value is -0.610. The van der Waals surface area contributed by atoms with Crippen molar-refractivity contribution in [1.82, 2.24) is 0 Å². The lowest BCUT2D eigenvalue weighted by Gasteiger charge is -2.32. The maximum atomic E-state index is 10.4. The molecule has 0 aromatic heterocycles. The van der Waals surface area contributed by atoms with Gasteiger partial charge in [0.1, 0.15) is 0 Å². The maximum absolute atomic E-state index is 10.4. The third-order valence-electron chi connectivity index (χ3n) is 2.04. The van der Waals surface area contributed by atoms with E-state index in [9.17, 15) is 4.79 Å². The highest BCUT2D eigenvalue weighted by Gasteiger charge is 2.34. The highest BCUT2D eigenvalue weighted by molar-refractivity contribution is 5.71. The fourth-order valence-corrected chi connectivity index (χ4v) is 1.19. The average Bonchev–Trinajstić information content (AvgIpc) is 1.82. The van der Waals surface area contributed by atoms with Crippen LogP contribution in [0.2, 0.25) is 0 Å². The second-order valence-electron chi connectivity index (χ2n) is 3.44. The van der Waals surface area contributed by atoms with E-state index in [4.69, 9.17) is 15.6 Å². The number of hydrogen-bond acceptors (Lipinski definition) is 3. The van der Waals surface area contributed by atoms with E-state index < -0.39 is 5.97 Å². The van der Waals surface area contributed by atoms with Crippen LogP contribution in [0.4, 0.5) is 0 Å². The van der Waals surface area contributed by atoms with Gasteiger partial charge in [0, 0.05) is 6.04 Å². The zero-order chi connectivity index (χ0) is 9.14. The SMILES string of the molecule is C[C@H](N)CO[C@H]1C[C@@H](C(=O)O)C1. The van der Waals surface area contributed by atoms with E-state index in [1.165, 1.54) is 0 Å². The van der Waals surface area contributed by atoms with E-state index in [0.717, 1.165) is 0 Å². The summed E-state index contributed by atoms with van der Waals surface area (Å²) < 4.78 is 5.33. The number of ether oxygens (including phenoxy) is 1. The average molecular weight is 173 g/mol. The summed E-state index contributed by atoms with van der Waals surface area (Å²) in [5.41, 5.74) is 5.47. The fourth-order valence-electron chi connectivity index (χ4n) is 1.19. The topological polar surface area (TPSA) is 72.5 Å². The molecule has 0 amide bonds. The molecule has 0 aromatic rings. The molecule has 0 unspecified atom stereocenters. The Balaban J connectivity index is 2.06. The van der Waals surface area contributed by atoms with Gasteiger partial charge in [0.05, 0.1) is 18.6 Å². The van der Waals surface area contributed by atoms with Gasteiger partial charge in [-0.15, -0.1) is 0 Å². The van der Waals surface area contributed by atoms with E-state index in [1.807, 2.05) is 6.92 Å². The van der Waals surface area contributed by atoms with Crippen LogP contribution >= 0.6 is 0 Å². The van der Waals surface area contributed by atoms with E-state index in [0.29, 0.717) is 19.4 Å². The van der Waals surface area contributed by atoms with Crippen LogP contribution in [-0.4, -0.2) is 29.8 Å². The van der Waals surface area contributed by atoms with Crippen molar-refractivity contribution in [3.63, 3.8) is 0 Å². The van der Waals surface area contributed by atoms with E-state index in [-0.39, 0.29) is 18.1 Å². The minimum absolute atomic E-state index is 0.0360. The molecule has 1 saturated carbocycles. The molecule has 0 aliphatic heterocycles. The first-order valence-corrected chi connectivity index (χ1v) is 4.19. The summed E-state index contributed by atoms with van der Waals surface area (Å²) in [6.45, 7) is 2.39. The summed E-state index contributed by atoms with van der Waals surface area (Å²) in [5.74, 6) is -0.904. The summed E-state index contributed by atoms with van der Waals surface area (Å²) in [5, 5.41) is 8.55. The van der Waals surface area contributed by atoms with Crippen molar-refractivity contribution < 1.29 is 14.6 Å². The second-order valence-corrected chi connectivity index (χ2v) is 3.44. The van der Waals surface area contributed by atoms with Crippen LogP contribution in [0.25, 0.3) is 0 Å². The minimum Gasteiger partial charge on any atom is -0.481 e. The van der Waals surface area contributed by atoms with Crippen molar-refractivity contribution in [2.75, 3.05) is 6.61 Å². The highest BCUT2D eigenvalue weighted by atomic mass is 16.5. The molecule has 1 aliphatic carbocycles. The van der Waals surface area contributed by atoms with Crippen molar-refractivity contribution in [1.29, 1.82) is 0 Å². The summed E-state index contributed by atoms with van der Waals surface area (Å²) in [7, 11) is 0. The van der Waals surface area contributed by atoms with E-state index >= 15 is 0 Å². The Morgan fingerprint density at radius 2 is 2.33 bits per heavy atom. The molecule has 12 heavy (non-hydrogen) atoms. The van der Waals surface area contributed by atoms with E-state index in [1.54, 1.807) is 0 Å². The molecule has 0 aromatic carbocycles. The molecule has 1 aliphatic rings. The van der Waals surface area contributed by atoms with Gasteiger partial charge in [-0.2, -0.15) is 0 Å². The molecule has 3 N–H and O–H groups in total. The largest absolute Gasteiger partial charge is 0.481 e. The lowest BCUT2D eigenvalue weighted by Crippen LogP contribution is -2.38. The van der Waals surface area contributed by atoms with Gasteiger partial charge in [-0.05, 0) is 19.8 Å². The smallest absolute Gasteiger partial charge is 0.306 e. The predicted octanol–water partition coefficient (Wildman–Crippen LogP) is 0.213. The third kappa shape index (κ3) is 2.46. The Bertz CT molecular complexity index is 164. The Kier molecular flexibility index (Phi) is 3.05. The van der Waals surface area contributed by atoms with Crippen LogP contribution in [0, 0.1) is 5.92 Å². The fraction of sp³-hybridized carbons (Fsp3) is 0.875.